The summed E-state index contributed by atoms with van der Waals surface area (Å²) < 4.78 is 110. The molecule has 3 aliphatic carbocycles. The molecule has 0 atom stereocenters. The lowest BCUT2D eigenvalue weighted by molar-refractivity contribution is -0.191. The molecule has 1 amide bonds. The SMILES string of the molecule is CNOC.CON(C)C(=O)C1CCC(C(F)(F)F)CC1.Cl.O=C(O)C1CCC(C(F)(F)F)CC1.O=CC1CCC(C(F)(F)F)CC1. The smallest absolute Gasteiger partial charge is 0.391 e. The van der Waals surface area contributed by atoms with Crippen LogP contribution >= 0.6 is 12.4 Å². The van der Waals surface area contributed by atoms with Gasteiger partial charge in [-0.15, -0.1) is 12.4 Å². The molecule has 0 saturated heterocycles. The number of alkyl halides is 9. The Kier molecular flexibility index (Phi) is 22.0. The molecular formula is C28H46ClF9N2O6. The predicted molar refractivity (Wildman–Crippen MR) is 151 cm³/mol. The van der Waals surface area contributed by atoms with Crippen molar-refractivity contribution in [3.05, 3.63) is 0 Å². The lowest BCUT2D eigenvalue weighted by Gasteiger charge is -2.30. The van der Waals surface area contributed by atoms with E-state index in [-0.39, 0.29) is 94.4 Å². The fourth-order valence-corrected chi connectivity index (χ4v) is 5.27. The van der Waals surface area contributed by atoms with Gasteiger partial charge in [0.25, 0.3) is 0 Å². The first-order chi connectivity index (χ1) is 20.7. The van der Waals surface area contributed by atoms with E-state index >= 15 is 0 Å². The van der Waals surface area contributed by atoms with Crippen molar-refractivity contribution in [3.8, 4) is 0 Å². The molecule has 0 aromatic carbocycles. The van der Waals surface area contributed by atoms with E-state index in [4.69, 9.17) is 9.94 Å². The van der Waals surface area contributed by atoms with Crippen LogP contribution in [0.3, 0.4) is 0 Å². The minimum atomic E-state index is -4.15. The highest BCUT2D eigenvalue weighted by molar-refractivity contribution is 5.85. The topological polar surface area (TPSA) is 105 Å². The Balaban J connectivity index is 0. The van der Waals surface area contributed by atoms with Gasteiger partial charge in [-0.25, -0.2) is 10.5 Å². The summed E-state index contributed by atoms with van der Waals surface area (Å²) in [7, 11) is 6.11. The molecule has 0 heterocycles. The number of aldehydes is 1. The molecule has 3 rings (SSSR count). The van der Waals surface area contributed by atoms with Crippen LogP contribution in [-0.2, 0) is 24.1 Å². The minimum Gasteiger partial charge on any atom is -0.481 e. The van der Waals surface area contributed by atoms with Crippen LogP contribution < -0.4 is 5.48 Å². The van der Waals surface area contributed by atoms with Crippen LogP contribution in [0.1, 0.15) is 77.0 Å². The van der Waals surface area contributed by atoms with Crippen molar-refractivity contribution >= 4 is 30.6 Å². The lowest BCUT2D eigenvalue weighted by Crippen LogP contribution is -2.36. The molecular weight excluding hydrogens is 667 g/mol. The Morgan fingerprint density at radius 1 is 0.696 bits per heavy atom. The maximum absolute atomic E-state index is 12.4. The summed E-state index contributed by atoms with van der Waals surface area (Å²) in [6.45, 7) is 0. The second-order valence-electron chi connectivity index (χ2n) is 11.2. The standard InChI is InChI=1S/C10H16F3NO2.C8H11F3O2.C8H11F3O.C2H7NO.ClH/c1-14(16-2)9(15)7-3-5-8(6-4-7)10(11,12)13;9-8(10,11)6-3-1-5(2-4-6)7(12)13;9-8(10,11)7-3-1-6(5-12)2-4-7;1-3-4-2;/h7-8H,3-6H2,1-2H3;5-6H,1-4H2,(H,12,13);5-7H,1-4H2;3H,1-2H3;1H. The summed E-state index contributed by atoms with van der Waals surface area (Å²) in [5.41, 5.74) is 2.43. The molecule has 3 saturated carbocycles. The zero-order chi connectivity index (χ0) is 35.0. The number of carboxylic acid groups (broad SMARTS) is 1. The molecule has 0 spiro atoms. The summed E-state index contributed by atoms with van der Waals surface area (Å²) in [5, 5.41) is 9.63. The van der Waals surface area contributed by atoms with E-state index in [2.05, 4.69) is 10.3 Å². The average Bonchev–Trinajstić information content (AvgIpc) is 3.00. The highest BCUT2D eigenvalue weighted by Crippen LogP contribution is 2.41. The summed E-state index contributed by atoms with van der Waals surface area (Å²) in [5.74, 6) is -5.95. The Labute approximate surface area is 269 Å². The molecule has 3 fully saturated rings. The van der Waals surface area contributed by atoms with Crippen molar-refractivity contribution in [2.24, 2.45) is 35.5 Å². The fourth-order valence-electron chi connectivity index (χ4n) is 5.27. The van der Waals surface area contributed by atoms with Crippen LogP contribution in [0, 0.1) is 35.5 Å². The van der Waals surface area contributed by atoms with Gasteiger partial charge in [0.2, 0.25) is 5.91 Å². The van der Waals surface area contributed by atoms with Gasteiger partial charge in [-0.1, -0.05) is 0 Å². The number of nitrogens with one attached hydrogen (secondary N) is 1. The van der Waals surface area contributed by atoms with E-state index in [9.17, 15) is 53.9 Å². The molecule has 8 nitrogen and oxygen atoms in total. The van der Waals surface area contributed by atoms with Crippen molar-refractivity contribution in [2.45, 2.75) is 95.6 Å². The molecule has 0 aromatic rings. The number of carbonyl (C=O) groups is 3. The Morgan fingerprint density at radius 2 is 1.00 bits per heavy atom. The predicted octanol–water partition coefficient (Wildman–Crippen LogP) is 7.56. The normalized spacial score (nSPS) is 26.6. The number of hydroxylamine groups is 3. The molecule has 0 aliphatic heterocycles. The molecule has 2 N–H and O–H groups in total. The Hall–Kier alpha value is -1.85. The van der Waals surface area contributed by atoms with Gasteiger partial charge in [-0.3, -0.25) is 14.4 Å². The van der Waals surface area contributed by atoms with Crippen LogP contribution in [0.4, 0.5) is 39.5 Å². The van der Waals surface area contributed by atoms with Crippen LogP contribution in [0.2, 0.25) is 0 Å². The lowest BCUT2D eigenvalue weighted by atomic mass is 9.81. The van der Waals surface area contributed by atoms with Crippen molar-refractivity contribution < 1.29 is 68.7 Å². The number of carboxylic acids is 1. The zero-order valence-electron chi connectivity index (χ0n) is 26.3. The summed E-state index contributed by atoms with van der Waals surface area (Å²) in [6.07, 6.45) is -9.66. The summed E-state index contributed by atoms with van der Waals surface area (Å²) >= 11 is 0. The zero-order valence-corrected chi connectivity index (χ0v) is 27.1. The van der Waals surface area contributed by atoms with Crippen molar-refractivity contribution in [1.82, 2.24) is 10.5 Å². The number of amides is 1. The second kappa shape index (κ2) is 21.9. The van der Waals surface area contributed by atoms with Crippen molar-refractivity contribution in [1.29, 1.82) is 0 Å². The van der Waals surface area contributed by atoms with E-state index in [0.717, 1.165) is 11.3 Å². The first kappa shape index (κ1) is 46.3. The van der Waals surface area contributed by atoms with Gasteiger partial charge in [0.05, 0.1) is 37.9 Å². The number of aliphatic carboxylic acids is 1. The van der Waals surface area contributed by atoms with Crippen molar-refractivity contribution in [3.63, 3.8) is 0 Å². The molecule has 3 aliphatic rings. The largest absolute Gasteiger partial charge is 0.481 e. The molecule has 0 radical (unpaired) electrons. The molecule has 274 valence electrons. The van der Waals surface area contributed by atoms with Crippen LogP contribution in [0.15, 0.2) is 0 Å². The molecule has 0 aromatic heterocycles. The third-order valence-electron chi connectivity index (χ3n) is 8.29. The molecule has 46 heavy (non-hydrogen) atoms. The maximum atomic E-state index is 12.4. The van der Waals surface area contributed by atoms with E-state index in [1.54, 1.807) is 14.2 Å². The van der Waals surface area contributed by atoms with Gasteiger partial charge in [0.1, 0.15) is 6.29 Å². The summed E-state index contributed by atoms with van der Waals surface area (Å²) in [6, 6.07) is 0. The van der Waals surface area contributed by atoms with Gasteiger partial charge < -0.3 is 14.7 Å². The third-order valence-corrected chi connectivity index (χ3v) is 8.29. The Morgan fingerprint density at radius 3 is 1.24 bits per heavy atom. The van der Waals surface area contributed by atoms with E-state index in [1.165, 1.54) is 14.2 Å². The maximum Gasteiger partial charge on any atom is 0.391 e. The Bertz CT molecular complexity index is 852. The highest BCUT2D eigenvalue weighted by atomic mass is 35.5. The molecule has 18 heteroatoms. The molecule has 0 bridgehead atoms. The minimum absolute atomic E-state index is 0. The van der Waals surface area contributed by atoms with Gasteiger partial charge in [-0.2, -0.15) is 39.5 Å². The molecule has 0 unspecified atom stereocenters. The third kappa shape index (κ3) is 17.9. The van der Waals surface area contributed by atoms with Crippen LogP contribution in [0.5, 0.6) is 0 Å². The first-order valence-corrected chi connectivity index (χ1v) is 14.6. The highest BCUT2D eigenvalue weighted by Gasteiger charge is 2.44. The quantitative estimate of drug-likeness (QED) is 0.172. The van der Waals surface area contributed by atoms with Gasteiger partial charge >= 0.3 is 24.5 Å². The monoisotopic (exact) mass is 712 g/mol. The van der Waals surface area contributed by atoms with Gasteiger partial charge in [0, 0.05) is 25.9 Å². The number of hydrogen-bond acceptors (Lipinski definition) is 6. The fraction of sp³-hybridized carbons (Fsp3) is 0.893. The number of hydrogen-bond donors (Lipinski definition) is 2. The second-order valence-corrected chi connectivity index (χ2v) is 11.2. The average molecular weight is 713 g/mol. The number of rotatable bonds is 5. The first-order valence-electron chi connectivity index (χ1n) is 14.6. The van der Waals surface area contributed by atoms with Crippen LogP contribution in [-0.4, -0.2) is 75.2 Å². The van der Waals surface area contributed by atoms with Crippen molar-refractivity contribution in [2.75, 3.05) is 28.3 Å². The van der Waals surface area contributed by atoms with Crippen LogP contribution in [0.25, 0.3) is 0 Å². The van der Waals surface area contributed by atoms with Gasteiger partial charge in [0.15, 0.2) is 0 Å². The van der Waals surface area contributed by atoms with Gasteiger partial charge in [-0.05, 0) is 77.0 Å². The van der Waals surface area contributed by atoms with E-state index in [0.29, 0.717) is 12.8 Å². The van der Waals surface area contributed by atoms with E-state index < -0.39 is 48.2 Å². The number of halogens is 10. The number of carbonyl (C=O) groups excluding carboxylic acids is 2. The number of nitrogens with zero attached hydrogens (tertiary/aromatic N) is 1. The summed E-state index contributed by atoms with van der Waals surface area (Å²) in [4.78, 5) is 41.3. The van der Waals surface area contributed by atoms with E-state index in [1.807, 2.05) is 0 Å².